The number of carboxylic acid groups (broad SMARTS) is 1. The van der Waals surface area contributed by atoms with Crippen LogP contribution in [0.15, 0.2) is 12.2 Å². The number of carbonyl (C=O) groups excluding carboxylic acids is 1. The second kappa shape index (κ2) is 9.66. The second-order valence-electron chi connectivity index (χ2n) is 8.81. The molecule has 27 heavy (non-hydrogen) atoms. The summed E-state index contributed by atoms with van der Waals surface area (Å²) in [6.07, 6.45) is 5.69. The third-order valence-corrected chi connectivity index (χ3v) is 5.27. The molecule has 2 N–H and O–H groups in total. The highest BCUT2D eigenvalue weighted by Crippen LogP contribution is 2.39. The van der Waals surface area contributed by atoms with Crippen LogP contribution in [0.4, 0.5) is 0 Å². The van der Waals surface area contributed by atoms with Gasteiger partial charge in [-0.1, -0.05) is 12.8 Å². The zero-order chi connectivity index (χ0) is 20.8. The number of unbranched alkanes of at least 4 members (excludes halogenated alkanes) is 2. The predicted molar refractivity (Wildman–Crippen MR) is 102 cm³/mol. The van der Waals surface area contributed by atoms with Crippen LogP contribution >= 0.6 is 0 Å². The molecule has 7 nitrogen and oxygen atoms in total. The molecule has 1 unspecified atom stereocenters. The van der Waals surface area contributed by atoms with Crippen LogP contribution in [-0.2, 0) is 14.8 Å². The van der Waals surface area contributed by atoms with Gasteiger partial charge in [-0.3, -0.25) is 4.79 Å². The molecule has 1 rings (SSSR count). The third kappa shape index (κ3) is 7.24. The van der Waals surface area contributed by atoms with Gasteiger partial charge in [0.2, 0.25) is 5.91 Å². The molecule has 0 aromatic rings. The Morgan fingerprint density at radius 3 is 2.19 bits per heavy atom. The molecule has 7 heteroatoms. The number of aliphatic hydroxyl groups excluding tert-OH is 1. The van der Waals surface area contributed by atoms with Crippen molar-refractivity contribution >= 4 is 11.9 Å². The zero-order valence-electron chi connectivity index (χ0n) is 17.3. The fourth-order valence-corrected chi connectivity index (χ4v) is 4.13. The Morgan fingerprint density at radius 2 is 1.70 bits per heavy atom. The molecule has 1 heterocycles. The number of hydrogen-bond acceptors (Lipinski definition) is 4. The number of amides is 1. The Hall–Kier alpha value is -1.44. The number of piperidine rings is 1. The average Bonchev–Trinajstić information content (AvgIpc) is 2.52. The molecule has 0 saturated carbocycles. The van der Waals surface area contributed by atoms with E-state index in [1.54, 1.807) is 6.92 Å². The number of hydroxylamine groups is 2. The van der Waals surface area contributed by atoms with Gasteiger partial charge in [0.25, 0.3) is 0 Å². The molecule has 1 saturated heterocycles. The Kier molecular flexibility index (Phi) is 8.45. The van der Waals surface area contributed by atoms with Crippen LogP contribution in [0.1, 0.15) is 73.1 Å². The SMILES string of the molecule is CC(=O)N(CCCCCC(O)/C=C/C(=O)O)C1CC(C)(C)N([O])C(C)(C)C1. The van der Waals surface area contributed by atoms with E-state index in [0.29, 0.717) is 25.8 Å². The van der Waals surface area contributed by atoms with E-state index in [9.17, 15) is 19.9 Å². The maximum atomic E-state index is 12.5. The van der Waals surface area contributed by atoms with Crippen molar-refractivity contribution in [3.8, 4) is 0 Å². The molecule has 155 valence electrons. The molecular formula is C20H35N2O5. The highest BCUT2D eigenvalue weighted by atomic mass is 16.5. The van der Waals surface area contributed by atoms with Crippen molar-refractivity contribution in [2.75, 3.05) is 6.54 Å². The topological polar surface area (TPSA) is 101 Å². The smallest absolute Gasteiger partial charge is 0.328 e. The molecule has 1 aliphatic rings. The third-order valence-electron chi connectivity index (χ3n) is 5.27. The van der Waals surface area contributed by atoms with Crippen molar-refractivity contribution in [2.45, 2.75) is 96.4 Å². The van der Waals surface area contributed by atoms with Gasteiger partial charge in [0.15, 0.2) is 0 Å². The summed E-state index contributed by atoms with van der Waals surface area (Å²) in [6, 6.07) is 0.0433. The molecular weight excluding hydrogens is 348 g/mol. The maximum Gasteiger partial charge on any atom is 0.328 e. The molecule has 0 spiro atoms. The first-order chi connectivity index (χ1) is 12.4. The standard InChI is InChI=1S/C20H35N2O5/c1-15(23)21(12-8-6-7-9-17(24)10-11-18(25)26)16-13-19(2,3)22(27)20(4,5)14-16/h10-11,16-17,24H,6-9,12-14H2,1-5H3,(H,25,26)/b11-10+. The van der Waals surface area contributed by atoms with Crippen molar-refractivity contribution in [3.05, 3.63) is 12.2 Å². The Labute approximate surface area is 162 Å². The molecule has 1 amide bonds. The van der Waals surface area contributed by atoms with Crippen LogP contribution in [0.5, 0.6) is 0 Å². The van der Waals surface area contributed by atoms with E-state index in [-0.39, 0.29) is 11.9 Å². The minimum atomic E-state index is -1.07. The van der Waals surface area contributed by atoms with Crippen molar-refractivity contribution in [3.63, 3.8) is 0 Å². The van der Waals surface area contributed by atoms with Crippen LogP contribution in [0.2, 0.25) is 0 Å². The Morgan fingerprint density at radius 1 is 1.15 bits per heavy atom. The first-order valence-corrected chi connectivity index (χ1v) is 9.71. The Bertz CT molecular complexity index is 526. The maximum absolute atomic E-state index is 12.5. The molecule has 1 fully saturated rings. The number of rotatable bonds is 9. The van der Waals surface area contributed by atoms with Crippen molar-refractivity contribution in [1.82, 2.24) is 9.96 Å². The average molecular weight is 384 g/mol. The largest absolute Gasteiger partial charge is 0.478 e. The highest BCUT2D eigenvalue weighted by Gasteiger charge is 2.47. The molecule has 1 atom stereocenters. The molecule has 1 radical (unpaired) electrons. The lowest BCUT2D eigenvalue weighted by atomic mass is 9.78. The number of carboxylic acids is 1. The van der Waals surface area contributed by atoms with E-state index in [0.717, 1.165) is 25.3 Å². The summed E-state index contributed by atoms with van der Waals surface area (Å²) < 4.78 is 0. The van der Waals surface area contributed by atoms with Gasteiger partial charge in [-0.2, -0.15) is 0 Å². The molecule has 0 aromatic heterocycles. The van der Waals surface area contributed by atoms with E-state index in [1.807, 2.05) is 32.6 Å². The minimum Gasteiger partial charge on any atom is -0.478 e. The summed E-state index contributed by atoms with van der Waals surface area (Å²) in [5, 5.41) is 31.9. The van der Waals surface area contributed by atoms with E-state index in [1.165, 1.54) is 11.1 Å². The van der Waals surface area contributed by atoms with Gasteiger partial charge in [0, 0.05) is 36.7 Å². The van der Waals surface area contributed by atoms with E-state index in [4.69, 9.17) is 5.11 Å². The highest BCUT2D eigenvalue weighted by molar-refractivity contribution is 5.79. The van der Waals surface area contributed by atoms with Crippen LogP contribution < -0.4 is 0 Å². The lowest BCUT2D eigenvalue weighted by molar-refractivity contribution is -0.293. The number of nitrogens with zero attached hydrogens (tertiary/aromatic N) is 2. The van der Waals surface area contributed by atoms with Gasteiger partial charge >= 0.3 is 5.97 Å². The quantitative estimate of drug-likeness (QED) is 0.471. The summed E-state index contributed by atoms with van der Waals surface area (Å²) in [5.41, 5.74) is -1.03. The fourth-order valence-electron chi connectivity index (χ4n) is 4.13. The first-order valence-electron chi connectivity index (χ1n) is 9.71. The number of aliphatic hydroxyl groups is 1. The van der Waals surface area contributed by atoms with Gasteiger partial charge in [-0.25, -0.2) is 4.79 Å². The van der Waals surface area contributed by atoms with Gasteiger partial charge in [-0.05, 0) is 59.5 Å². The van der Waals surface area contributed by atoms with Crippen LogP contribution in [0, 0.1) is 0 Å². The number of carbonyl (C=O) groups is 2. The van der Waals surface area contributed by atoms with Gasteiger partial charge in [0.05, 0.1) is 6.10 Å². The zero-order valence-corrected chi connectivity index (χ0v) is 17.3. The van der Waals surface area contributed by atoms with Crippen LogP contribution in [0.3, 0.4) is 0 Å². The normalized spacial score (nSPS) is 21.3. The summed E-state index contributed by atoms with van der Waals surface area (Å²) >= 11 is 0. The van der Waals surface area contributed by atoms with Gasteiger partial charge in [0.1, 0.15) is 0 Å². The fraction of sp³-hybridized carbons (Fsp3) is 0.800. The number of aliphatic carboxylic acids is 1. The summed E-state index contributed by atoms with van der Waals surface area (Å²) in [5.74, 6) is -1.04. The lowest BCUT2D eigenvalue weighted by Gasteiger charge is -2.52. The van der Waals surface area contributed by atoms with Gasteiger partial charge in [-0.15, -0.1) is 10.3 Å². The first kappa shape index (κ1) is 23.6. The van der Waals surface area contributed by atoms with Gasteiger partial charge < -0.3 is 15.1 Å². The Balaban J connectivity index is 2.53. The lowest BCUT2D eigenvalue weighted by Crippen LogP contribution is -2.62. The monoisotopic (exact) mass is 383 g/mol. The second-order valence-corrected chi connectivity index (χ2v) is 8.81. The van der Waals surface area contributed by atoms with Crippen LogP contribution in [-0.4, -0.2) is 61.8 Å². The molecule has 0 aromatic carbocycles. The molecule has 0 aliphatic carbocycles. The van der Waals surface area contributed by atoms with E-state index < -0.39 is 23.2 Å². The summed E-state index contributed by atoms with van der Waals surface area (Å²) in [4.78, 5) is 24.5. The minimum absolute atomic E-state index is 0.0235. The van der Waals surface area contributed by atoms with Crippen molar-refractivity contribution in [2.24, 2.45) is 0 Å². The number of hydrogen-bond donors (Lipinski definition) is 2. The van der Waals surface area contributed by atoms with Crippen molar-refractivity contribution in [1.29, 1.82) is 0 Å². The van der Waals surface area contributed by atoms with Crippen LogP contribution in [0.25, 0.3) is 0 Å². The molecule has 1 aliphatic heterocycles. The van der Waals surface area contributed by atoms with E-state index in [2.05, 4.69) is 0 Å². The predicted octanol–water partition coefficient (Wildman–Crippen LogP) is 2.76. The van der Waals surface area contributed by atoms with E-state index >= 15 is 0 Å². The van der Waals surface area contributed by atoms with Crippen molar-refractivity contribution < 1.29 is 25.0 Å². The summed E-state index contributed by atoms with van der Waals surface area (Å²) in [7, 11) is 0. The summed E-state index contributed by atoms with van der Waals surface area (Å²) in [6.45, 7) is 9.92. The molecule has 0 bridgehead atoms.